The molecule has 3 aromatic rings. The quantitative estimate of drug-likeness (QED) is 0.750. The van der Waals surface area contributed by atoms with Crippen LogP contribution in [0.1, 0.15) is 11.4 Å². The summed E-state index contributed by atoms with van der Waals surface area (Å²) >= 11 is 3.45. The number of rotatable bonds is 1. The van der Waals surface area contributed by atoms with Crippen molar-refractivity contribution in [2.75, 3.05) is 0 Å². The summed E-state index contributed by atoms with van der Waals surface area (Å²) in [6.07, 6.45) is 0. The maximum absolute atomic E-state index is 12.6. The van der Waals surface area contributed by atoms with E-state index in [1.165, 1.54) is 4.52 Å². The number of benzene rings is 1. The lowest BCUT2D eigenvalue weighted by molar-refractivity contribution is 0.876. The van der Waals surface area contributed by atoms with Gasteiger partial charge in [-0.15, -0.1) is 0 Å². The van der Waals surface area contributed by atoms with Gasteiger partial charge >= 0.3 is 0 Å². The lowest BCUT2D eigenvalue weighted by Crippen LogP contribution is -2.19. The van der Waals surface area contributed by atoms with E-state index in [0.717, 1.165) is 21.4 Å². The normalized spacial score (nSPS) is 11.1. The fourth-order valence-electron chi connectivity index (χ4n) is 2.20. The van der Waals surface area contributed by atoms with Gasteiger partial charge in [0, 0.05) is 5.69 Å². The number of aromatic nitrogens is 3. The summed E-state index contributed by atoms with van der Waals surface area (Å²) in [5.74, 6) is 0. The lowest BCUT2D eigenvalue weighted by Gasteiger charge is -2.05. The molecule has 5 heteroatoms. The van der Waals surface area contributed by atoms with Crippen molar-refractivity contribution < 1.29 is 0 Å². The highest BCUT2D eigenvalue weighted by Gasteiger charge is 2.15. The molecule has 0 spiro atoms. The first kappa shape index (κ1) is 12.2. The zero-order valence-electron chi connectivity index (χ0n) is 10.6. The Hall–Kier alpha value is -1.88. The minimum absolute atomic E-state index is 0.0810. The third-order valence-corrected chi connectivity index (χ3v) is 4.08. The summed E-state index contributed by atoms with van der Waals surface area (Å²) in [5.41, 5.74) is 3.68. The minimum Gasteiger partial charge on any atom is -0.293 e. The van der Waals surface area contributed by atoms with E-state index < -0.39 is 0 Å². The molecule has 0 aliphatic rings. The Bertz CT molecular complexity index is 818. The fraction of sp³-hybridized carbons (Fsp3) is 0.143. The molecular weight excluding hydrogens is 306 g/mol. The van der Waals surface area contributed by atoms with E-state index in [0.29, 0.717) is 11.2 Å². The number of fused-ring (bicyclic) bond motifs is 1. The highest BCUT2D eigenvalue weighted by Crippen LogP contribution is 2.23. The third kappa shape index (κ3) is 1.81. The van der Waals surface area contributed by atoms with Crippen molar-refractivity contribution in [1.82, 2.24) is 14.6 Å². The summed E-state index contributed by atoms with van der Waals surface area (Å²) in [4.78, 5) is 17.1. The Morgan fingerprint density at radius 3 is 2.58 bits per heavy atom. The van der Waals surface area contributed by atoms with Gasteiger partial charge in [0.15, 0.2) is 5.65 Å². The average molecular weight is 318 g/mol. The van der Waals surface area contributed by atoms with Crippen LogP contribution in [0.2, 0.25) is 0 Å². The van der Waals surface area contributed by atoms with Crippen LogP contribution in [0.15, 0.2) is 39.6 Å². The van der Waals surface area contributed by atoms with Crippen molar-refractivity contribution in [3.63, 3.8) is 0 Å². The zero-order valence-corrected chi connectivity index (χ0v) is 12.2. The average Bonchev–Trinajstić information content (AvgIpc) is 2.68. The van der Waals surface area contributed by atoms with Gasteiger partial charge < -0.3 is 0 Å². The molecule has 0 atom stereocenters. The summed E-state index contributed by atoms with van der Waals surface area (Å²) in [7, 11) is 0. The van der Waals surface area contributed by atoms with E-state index >= 15 is 0 Å². The fourth-order valence-corrected chi connectivity index (χ4v) is 2.55. The molecule has 0 aliphatic heterocycles. The van der Waals surface area contributed by atoms with Crippen molar-refractivity contribution in [1.29, 1.82) is 0 Å². The topological polar surface area (TPSA) is 50.2 Å². The molecule has 19 heavy (non-hydrogen) atoms. The van der Waals surface area contributed by atoms with E-state index in [1.54, 1.807) is 0 Å². The van der Waals surface area contributed by atoms with Gasteiger partial charge in [0.1, 0.15) is 0 Å². The van der Waals surface area contributed by atoms with Crippen LogP contribution in [-0.4, -0.2) is 14.6 Å². The predicted molar refractivity (Wildman–Crippen MR) is 78.4 cm³/mol. The first-order chi connectivity index (χ1) is 9.09. The summed E-state index contributed by atoms with van der Waals surface area (Å²) in [6, 6.07) is 9.60. The molecule has 0 saturated carbocycles. The van der Waals surface area contributed by atoms with Crippen LogP contribution >= 0.6 is 15.9 Å². The van der Waals surface area contributed by atoms with Crippen LogP contribution in [0.5, 0.6) is 0 Å². The summed E-state index contributed by atoms with van der Waals surface area (Å²) in [5, 5.41) is 3.03. The highest BCUT2D eigenvalue weighted by atomic mass is 79.9. The Morgan fingerprint density at radius 1 is 1.21 bits per heavy atom. The first-order valence-corrected chi connectivity index (χ1v) is 6.71. The molecule has 1 N–H and O–H groups in total. The monoisotopic (exact) mass is 317 g/mol. The van der Waals surface area contributed by atoms with E-state index in [-0.39, 0.29) is 5.56 Å². The van der Waals surface area contributed by atoms with Crippen LogP contribution in [0, 0.1) is 13.8 Å². The van der Waals surface area contributed by atoms with Gasteiger partial charge in [-0.1, -0.05) is 30.3 Å². The second kappa shape index (κ2) is 4.35. The number of halogens is 1. The number of aryl methyl sites for hydroxylation is 2. The number of nitrogens with one attached hydrogen (secondary N) is 1. The highest BCUT2D eigenvalue weighted by molar-refractivity contribution is 9.10. The minimum atomic E-state index is -0.0810. The molecule has 2 aromatic heterocycles. The van der Waals surface area contributed by atoms with Crippen LogP contribution in [0.3, 0.4) is 0 Å². The van der Waals surface area contributed by atoms with Crippen LogP contribution in [0.4, 0.5) is 0 Å². The molecule has 0 fully saturated rings. The SMILES string of the molecule is Cc1nc2c(Br)c(C)[nH]n2c(=O)c1-c1ccccc1. The molecule has 0 unspecified atom stereocenters. The summed E-state index contributed by atoms with van der Waals surface area (Å²) in [6.45, 7) is 3.76. The predicted octanol–water partition coefficient (Wildman–Crippen LogP) is 3.07. The molecule has 3 rings (SSSR count). The molecular formula is C14H12BrN3O. The van der Waals surface area contributed by atoms with Crippen LogP contribution in [-0.2, 0) is 0 Å². The second-order valence-electron chi connectivity index (χ2n) is 4.45. The molecule has 0 aliphatic carbocycles. The molecule has 0 amide bonds. The molecule has 96 valence electrons. The molecule has 0 saturated heterocycles. The van der Waals surface area contributed by atoms with Gasteiger partial charge in [0.25, 0.3) is 5.56 Å². The van der Waals surface area contributed by atoms with E-state index in [4.69, 9.17) is 0 Å². The number of hydrogen-bond acceptors (Lipinski definition) is 2. The van der Waals surface area contributed by atoms with Gasteiger partial charge in [-0.3, -0.25) is 9.89 Å². The Balaban J connectivity index is 2.42. The van der Waals surface area contributed by atoms with Gasteiger partial charge in [0.05, 0.1) is 15.7 Å². The Labute approximate surface area is 118 Å². The van der Waals surface area contributed by atoms with Crippen molar-refractivity contribution >= 4 is 21.6 Å². The maximum Gasteiger partial charge on any atom is 0.280 e. The molecule has 1 aromatic carbocycles. The maximum atomic E-state index is 12.6. The third-order valence-electron chi connectivity index (χ3n) is 3.13. The molecule has 0 bridgehead atoms. The zero-order chi connectivity index (χ0) is 13.6. The van der Waals surface area contributed by atoms with Gasteiger partial charge in [0.2, 0.25) is 0 Å². The lowest BCUT2D eigenvalue weighted by atomic mass is 10.1. The summed E-state index contributed by atoms with van der Waals surface area (Å²) < 4.78 is 2.31. The van der Waals surface area contributed by atoms with Crippen molar-refractivity contribution in [2.24, 2.45) is 0 Å². The van der Waals surface area contributed by atoms with Crippen LogP contribution in [0.25, 0.3) is 16.8 Å². The van der Waals surface area contributed by atoms with E-state index in [9.17, 15) is 4.79 Å². The van der Waals surface area contributed by atoms with Gasteiger partial charge in [-0.25, -0.2) is 4.98 Å². The first-order valence-electron chi connectivity index (χ1n) is 5.92. The molecule has 0 radical (unpaired) electrons. The Kier molecular flexibility index (Phi) is 2.78. The van der Waals surface area contributed by atoms with Crippen LogP contribution < -0.4 is 5.56 Å². The second-order valence-corrected chi connectivity index (χ2v) is 5.25. The number of hydrogen-bond donors (Lipinski definition) is 1. The van der Waals surface area contributed by atoms with Crippen molar-refractivity contribution in [3.05, 3.63) is 56.5 Å². The molecule has 4 nitrogen and oxygen atoms in total. The smallest absolute Gasteiger partial charge is 0.280 e. The van der Waals surface area contributed by atoms with E-state index in [1.807, 2.05) is 44.2 Å². The van der Waals surface area contributed by atoms with Gasteiger partial charge in [-0.05, 0) is 35.3 Å². The largest absolute Gasteiger partial charge is 0.293 e. The van der Waals surface area contributed by atoms with Crippen molar-refractivity contribution in [2.45, 2.75) is 13.8 Å². The standard InChI is InChI=1S/C14H12BrN3O/c1-8-11(10-6-4-3-5-7-10)14(19)18-13(16-8)12(15)9(2)17-18/h3-7,17H,1-2H3. The van der Waals surface area contributed by atoms with E-state index in [2.05, 4.69) is 26.0 Å². The number of nitrogens with zero attached hydrogens (tertiary/aromatic N) is 2. The molecule has 2 heterocycles. The van der Waals surface area contributed by atoms with Crippen molar-refractivity contribution in [3.8, 4) is 11.1 Å². The van der Waals surface area contributed by atoms with Gasteiger partial charge in [-0.2, -0.15) is 4.52 Å². The number of H-pyrrole nitrogens is 1. The Morgan fingerprint density at radius 2 is 1.89 bits per heavy atom. The number of aromatic amines is 1.